The fourth-order valence-corrected chi connectivity index (χ4v) is 17.2. The number of ether oxygens (including phenoxy) is 2. The summed E-state index contributed by atoms with van der Waals surface area (Å²) in [5.41, 5.74) is 12.5. The maximum atomic E-state index is 15.6. The van der Waals surface area contributed by atoms with Crippen molar-refractivity contribution in [2.45, 2.75) is 164 Å². The maximum Gasteiger partial charge on any atom is 0.337 e. The van der Waals surface area contributed by atoms with E-state index in [1.54, 1.807) is 25.1 Å². The van der Waals surface area contributed by atoms with Crippen molar-refractivity contribution in [1.82, 2.24) is 16.0 Å². The predicted octanol–water partition coefficient (Wildman–Crippen LogP) is 7.78. The van der Waals surface area contributed by atoms with Gasteiger partial charge in [-0.25, -0.2) is 4.79 Å². The molecule has 3 fully saturated rings. The first-order valence-corrected chi connectivity index (χ1v) is 29.5. The van der Waals surface area contributed by atoms with E-state index in [0.717, 1.165) is 84.5 Å². The zero-order valence-electron chi connectivity index (χ0n) is 46.1. The Labute approximate surface area is 466 Å². The molecule has 0 saturated heterocycles. The van der Waals surface area contributed by atoms with E-state index in [0.29, 0.717) is 62.0 Å². The molecule has 1 unspecified atom stereocenters. The van der Waals surface area contributed by atoms with Gasteiger partial charge in [-0.1, -0.05) is 43.3 Å². The van der Waals surface area contributed by atoms with Gasteiger partial charge >= 0.3 is 5.97 Å². The van der Waals surface area contributed by atoms with Crippen molar-refractivity contribution in [3.8, 4) is 17.2 Å². The van der Waals surface area contributed by atoms with Gasteiger partial charge in [-0.05, 0) is 196 Å². The number of hydrogen-bond acceptors (Lipinski definition) is 15. The Balaban J connectivity index is 0.995. The molecule has 4 aromatic rings. The van der Waals surface area contributed by atoms with Gasteiger partial charge in [0.1, 0.15) is 58.1 Å². The highest BCUT2D eigenvalue weighted by atomic mass is 16.6. The molecular weight excluding hydrogens is 1010 g/mol. The van der Waals surface area contributed by atoms with Crippen LogP contribution in [0.2, 0.25) is 0 Å². The summed E-state index contributed by atoms with van der Waals surface area (Å²) in [5, 5.41) is 82.1. The molecule has 3 aromatic carbocycles. The van der Waals surface area contributed by atoms with Gasteiger partial charge in [0, 0.05) is 54.1 Å². The Morgan fingerprint density at radius 1 is 0.975 bits per heavy atom. The largest absolute Gasteiger partial charge is 0.508 e. The Morgan fingerprint density at radius 2 is 1.82 bits per heavy atom. The number of carbonyl (C=O) groups excluding carboxylic acids is 1. The molecule has 422 valence electrons. The summed E-state index contributed by atoms with van der Waals surface area (Å²) < 4.78 is 21.4. The van der Waals surface area contributed by atoms with Crippen LogP contribution in [0.4, 0.5) is 0 Å². The molecule has 1 aromatic heterocycles. The van der Waals surface area contributed by atoms with E-state index in [2.05, 4.69) is 53.4 Å². The lowest BCUT2D eigenvalue weighted by molar-refractivity contribution is -0.171. The van der Waals surface area contributed by atoms with Gasteiger partial charge in [-0.3, -0.25) is 10.1 Å². The lowest BCUT2D eigenvalue weighted by atomic mass is 9.61. The number of phenolic OH excluding ortho intramolecular Hbond substituents is 2. The van der Waals surface area contributed by atoms with Gasteiger partial charge < -0.3 is 60.9 Å². The third kappa shape index (κ3) is 8.21. The zero-order valence-corrected chi connectivity index (χ0v) is 46.1. The number of rotatable bonds is 8. The molecule has 5 heterocycles. The minimum atomic E-state index is -1.55. The van der Waals surface area contributed by atoms with Crippen molar-refractivity contribution < 1.29 is 49.3 Å². The van der Waals surface area contributed by atoms with Crippen LogP contribution < -0.4 is 31.8 Å². The maximum absolute atomic E-state index is 15.6. The zero-order chi connectivity index (χ0) is 55.6. The number of benzene rings is 3. The second kappa shape index (κ2) is 20.0. The Morgan fingerprint density at radius 3 is 2.62 bits per heavy atom. The molecule has 4 aliphatic heterocycles. The van der Waals surface area contributed by atoms with Crippen LogP contribution in [0.15, 0.2) is 110 Å². The van der Waals surface area contributed by atoms with E-state index in [-0.39, 0.29) is 82.0 Å². The normalized spacial score (nSPS) is 33.2. The molecule has 15 nitrogen and oxygen atoms in total. The number of esters is 1. The highest BCUT2D eigenvalue weighted by molar-refractivity contribution is 5.93. The van der Waals surface area contributed by atoms with Gasteiger partial charge in [0.05, 0.1) is 29.5 Å². The number of nitrogens with two attached hydrogens (primary N) is 1. The van der Waals surface area contributed by atoms with Crippen LogP contribution >= 0.6 is 0 Å². The number of dihydropyridines is 2. The van der Waals surface area contributed by atoms with E-state index in [1.807, 2.05) is 19.1 Å². The summed E-state index contributed by atoms with van der Waals surface area (Å²) in [4.78, 5) is 30.2. The van der Waals surface area contributed by atoms with Gasteiger partial charge in [0.15, 0.2) is 5.43 Å². The molecule has 0 radical (unpaired) electrons. The molecule has 13 rings (SSSR count). The van der Waals surface area contributed by atoms with Crippen molar-refractivity contribution in [3.63, 3.8) is 0 Å². The van der Waals surface area contributed by atoms with Crippen molar-refractivity contribution in [3.05, 3.63) is 156 Å². The summed E-state index contributed by atoms with van der Waals surface area (Å²) in [6.45, 7) is 5.90. The van der Waals surface area contributed by atoms with Crippen molar-refractivity contribution in [1.29, 1.82) is 0 Å². The Hall–Kier alpha value is -6.36. The molecule has 11 N–H and O–H groups in total. The highest BCUT2D eigenvalue weighted by Gasteiger charge is 2.59. The van der Waals surface area contributed by atoms with Crippen molar-refractivity contribution in [2.24, 2.45) is 29.4 Å². The lowest BCUT2D eigenvalue weighted by Crippen LogP contribution is -2.59. The van der Waals surface area contributed by atoms with Gasteiger partial charge in [0.2, 0.25) is 0 Å². The van der Waals surface area contributed by atoms with E-state index < -0.39 is 71.0 Å². The second-order valence-electron chi connectivity index (χ2n) is 24.7. The Kier molecular flexibility index (Phi) is 13.2. The molecule has 80 heavy (non-hydrogen) atoms. The topological polar surface area (TPSA) is 249 Å². The first-order valence-electron chi connectivity index (χ1n) is 29.5. The van der Waals surface area contributed by atoms with E-state index in [9.17, 15) is 35.4 Å². The number of carbonyl (C=O) groups is 1. The average molecular weight is 1090 g/mol. The van der Waals surface area contributed by atoms with Crippen LogP contribution in [-0.2, 0) is 41.0 Å². The number of nitrogens with one attached hydrogen (secondary N) is 3. The van der Waals surface area contributed by atoms with Crippen LogP contribution in [0, 0.1) is 23.7 Å². The molecule has 4 bridgehead atoms. The van der Waals surface area contributed by atoms with Gasteiger partial charge in [-0.15, -0.1) is 0 Å². The van der Waals surface area contributed by atoms with E-state index >= 15 is 4.79 Å². The molecule has 0 amide bonds. The smallest absolute Gasteiger partial charge is 0.337 e. The number of aliphatic hydroxyl groups excluding tert-OH is 2. The SMILES string of the molecule is C/C=C(\C(=O)O[C@@H]1Cc2c3c(c4oc(CO)cc(=O)c4c2O)[C@H]2C4=CCNC(N)=C4[C@@H](CCc4ccc(O)cc4[C@H]2CO)[C@H]2CCC4=CC(NCC)NC=C4C[C@@H]2[C@]1(C)O3)[C@]1(O)CC[C@H](c2cccc3c2CC[C@@H]2CCC[C@]32O)C1. The number of fused-ring (bicyclic) bond motifs is 12. The standard InChI is InChI=1S/C65H76N4O11/c1-4-48(64(76)22-19-35(29-64)40-9-6-10-49-41(40)18-14-37-8-7-21-65(37,49)77)62(75)79-52-28-46-58(74)56-51(73)27-39(31-70)78-60(56)57-54-44-20-23-68-61(66)55(44)43(17-12-33-11-15-38(72)26-45(33)47(54)32-71)42-16-13-34-25-53(67-5-2)69-30-36(34)24-50(42)63(52,3)80-59(46)57/h4,6,9-11,15,20,25-27,30,35,37,42-43,47,50,52-54,67-72,74,76-77H,5,7-8,12-14,16-19,21-24,28-29,31-32,66H2,1-3H3/b48-4+/t35-,37-,42+,43-,47+,50-,52+,53?,54-,63-,64-,65+/m0/s1. The number of hydrogen-bond donors (Lipinski definition) is 10. The third-order valence-corrected chi connectivity index (χ3v) is 20.9. The number of allylic oxidation sites excluding steroid dienone is 5. The van der Waals surface area contributed by atoms with Crippen LogP contribution in [0.25, 0.3) is 11.0 Å². The van der Waals surface area contributed by atoms with Crippen molar-refractivity contribution >= 4 is 16.9 Å². The van der Waals surface area contributed by atoms with Crippen LogP contribution in [0.3, 0.4) is 0 Å². The monoisotopic (exact) mass is 1090 g/mol. The van der Waals surface area contributed by atoms with Gasteiger partial charge in [0.25, 0.3) is 0 Å². The number of aryl methyl sites for hydroxylation is 1. The van der Waals surface area contributed by atoms with Crippen LogP contribution in [0.1, 0.15) is 154 Å². The van der Waals surface area contributed by atoms with Crippen LogP contribution in [-0.4, -0.2) is 79.8 Å². The first kappa shape index (κ1) is 53.0. The van der Waals surface area contributed by atoms with Crippen molar-refractivity contribution in [2.75, 3.05) is 19.7 Å². The fraction of sp³-hybridized carbons (Fsp3) is 0.508. The molecular formula is C65H76N4O11. The molecule has 15 heteroatoms. The van der Waals surface area contributed by atoms with Crippen LogP contribution in [0.5, 0.6) is 17.2 Å². The lowest BCUT2D eigenvalue weighted by Gasteiger charge is -2.52. The summed E-state index contributed by atoms with van der Waals surface area (Å²) in [7, 11) is 0. The third-order valence-electron chi connectivity index (χ3n) is 20.9. The number of likely N-dealkylation sites (N-methyl/N-ethyl adjacent to an activating group) is 1. The number of aromatic hydroxyl groups is 2. The van der Waals surface area contributed by atoms with E-state index in [4.69, 9.17) is 19.6 Å². The molecule has 9 aliphatic rings. The summed E-state index contributed by atoms with van der Waals surface area (Å²) in [6, 6.07) is 12.7. The second-order valence-corrected chi connectivity index (χ2v) is 24.7. The quantitative estimate of drug-likeness (QED) is 0.0598. The molecule has 5 aliphatic carbocycles. The highest BCUT2D eigenvalue weighted by Crippen LogP contribution is 2.62. The minimum Gasteiger partial charge on any atom is -0.508 e. The van der Waals surface area contributed by atoms with Gasteiger partial charge in [-0.2, -0.15) is 0 Å². The first-order chi connectivity index (χ1) is 38.6. The number of phenols is 2. The average Bonchev–Trinajstić information content (AvgIpc) is 4.15. The minimum absolute atomic E-state index is 0.0168. The summed E-state index contributed by atoms with van der Waals surface area (Å²) in [6.07, 6.45) is 15.7. The summed E-state index contributed by atoms with van der Waals surface area (Å²) >= 11 is 0. The fourth-order valence-electron chi connectivity index (χ4n) is 17.2. The van der Waals surface area contributed by atoms with E-state index in [1.165, 1.54) is 11.1 Å². The number of aliphatic hydroxyl groups is 4. The summed E-state index contributed by atoms with van der Waals surface area (Å²) in [5.74, 6) is -2.80. The Bertz CT molecular complexity index is 3450. The predicted molar refractivity (Wildman–Crippen MR) is 301 cm³/mol. The molecule has 12 atom stereocenters. The molecule has 3 saturated carbocycles. The molecule has 0 spiro atoms.